The average molecular weight is 455 g/mol. The number of carbonyl (C=O) groups is 2. The highest BCUT2D eigenvalue weighted by Crippen LogP contribution is 2.33. The predicted octanol–water partition coefficient (Wildman–Crippen LogP) is 4.19. The Bertz CT molecular complexity index is 1000. The Morgan fingerprint density at radius 2 is 1.82 bits per heavy atom. The Kier molecular flexibility index (Phi) is 7.60. The van der Waals surface area contributed by atoms with Gasteiger partial charge < -0.3 is 19.6 Å². The third-order valence-electron chi connectivity index (χ3n) is 6.50. The second-order valence-electron chi connectivity index (χ2n) is 8.81. The fourth-order valence-electron chi connectivity index (χ4n) is 4.70. The summed E-state index contributed by atoms with van der Waals surface area (Å²) >= 11 is 0. The Hall–Kier alpha value is -2.93. The molecule has 2 aliphatic heterocycles. The van der Waals surface area contributed by atoms with Crippen molar-refractivity contribution in [3.63, 3.8) is 0 Å². The molecule has 0 aromatic heterocycles. The van der Waals surface area contributed by atoms with Crippen molar-refractivity contribution in [3.05, 3.63) is 58.9 Å². The van der Waals surface area contributed by atoms with Crippen molar-refractivity contribution in [2.75, 3.05) is 31.1 Å². The van der Waals surface area contributed by atoms with Gasteiger partial charge in [-0.25, -0.2) is 4.39 Å². The number of aliphatic carboxylic acids is 1. The lowest BCUT2D eigenvalue weighted by molar-refractivity contribution is -0.137. The van der Waals surface area contributed by atoms with Crippen LogP contribution in [0.3, 0.4) is 0 Å². The van der Waals surface area contributed by atoms with E-state index in [0.29, 0.717) is 24.3 Å². The third-order valence-corrected chi connectivity index (χ3v) is 6.50. The Morgan fingerprint density at radius 3 is 2.58 bits per heavy atom. The van der Waals surface area contributed by atoms with E-state index >= 15 is 0 Å². The minimum atomic E-state index is -0.956. The largest absolute Gasteiger partial charge is 0.489 e. The molecule has 0 atom stereocenters. The molecule has 2 aromatic rings. The summed E-state index contributed by atoms with van der Waals surface area (Å²) in [5.41, 5.74) is 3.33. The smallest absolute Gasteiger partial charge is 0.303 e. The van der Waals surface area contributed by atoms with Gasteiger partial charge in [0.15, 0.2) is 0 Å². The van der Waals surface area contributed by atoms with Crippen LogP contribution in [0.15, 0.2) is 36.4 Å². The number of hydrogen-bond donors (Lipinski definition) is 1. The Balaban J connectivity index is 1.40. The van der Waals surface area contributed by atoms with Crippen LogP contribution in [-0.2, 0) is 29.0 Å². The first-order chi connectivity index (χ1) is 16.0. The standard InChI is InChI=1S/C26H31FN2O4/c27-23-17-22(9-7-19(23)8-10-25(31)32)33-18-21-6-4-5-20-11-16-29(26(20)21)24(30)12-15-28-13-2-1-3-14-28/h4-7,9,17H,1-3,8,10-16,18H2,(H,31,32). The molecular formula is C26H31FN2O4. The number of ether oxygens (including phenoxy) is 1. The molecule has 176 valence electrons. The van der Waals surface area contributed by atoms with Gasteiger partial charge in [-0.05, 0) is 56.0 Å². The maximum absolute atomic E-state index is 14.3. The first-order valence-electron chi connectivity index (χ1n) is 11.8. The highest BCUT2D eigenvalue weighted by molar-refractivity contribution is 5.96. The first kappa shape index (κ1) is 23.2. The minimum Gasteiger partial charge on any atom is -0.489 e. The lowest BCUT2D eigenvalue weighted by Gasteiger charge is -2.27. The maximum Gasteiger partial charge on any atom is 0.303 e. The van der Waals surface area contributed by atoms with Gasteiger partial charge in [0.05, 0.1) is 5.69 Å². The minimum absolute atomic E-state index is 0.116. The van der Waals surface area contributed by atoms with Crippen LogP contribution >= 0.6 is 0 Å². The second-order valence-corrected chi connectivity index (χ2v) is 8.81. The lowest BCUT2D eigenvalue weighted by atomic mass is 10.1. The lowest BCUT2D eigenvalue weighted by Crippen LogP contribution is -2.36. The number of nitrogens with zero attached hydrogens (tertiary/aromatic N) is 2. The highest BCUT2D eigenvalue weighted by Gasteiger charge is 2.27. The number of halogens is 1. The number of carboxylic acid groups (broad SMARTS) is 1. The monoisotopic (exact) mass is 454 g/mol. The molecule has 2 aliphatic rings. The van der Waals surface area contributed by atoms with E-state index in [1.165, 1.54) is 25.3 Å². The molecule has 0 spiro atoms. The molecule has 6 nitrogen and oxygen atoms in total. The number of amides is 1. The van der Waals surface area contributed by atoms with E-state index in [0.717, 1.165) is 42.9 Å². The van der Waals surface area contributed by atoms with Crippen LogP contribution < -0.4 is 9.64 Å². The highest BCUT2D eigenvalue weighted by atomic mass is 19.1. The van der Waals surface area contributed by atoms with E-state index in [9.17, 15) is 14.0 Å². The Morgan fingerprint density at radius 1 is 1.00 bits per heavy atom. The van der Waals surface area contributed by atoms with Gasteiger partial charge in [0.1, 0.15) is 18.2 Å². The fraction of sp³-hybridized carbons (Fsp3) is 0.462. The molecule has 0 unspecified atom stereocenters. The van der Waals surface area contributed by atoms with Gasteiger partial charge in [0.25, 0.3) is 0 Å². The van der Waals surface area contributed by atoms with Crippen LogP contribution in [0.1, 0.15) is 48.8 Å². The van der Waals surface area contributed by atoms with Crippen LogP contribution in [0, 0.1) is 5.82 Å². The molecule has 7 heteroatoms. The predicted molar refractivity (Wildman–Crippen MR) is 124 cm³/mol. The summed E-state index contributed by atoms with van der Waals surface area (Å²) in [5.74, 6) is -0.907. The van der Waals surface area contributed by atoms with Crippen LogP contribution in [0.25, 0.3) is 0 Å². The van der Waals surface area contributed by atoms with Crippen molar-refractivity contribution < 1.29 is 23.8 Å². The van der Waals surface area contributed by atoms with Crippen LogP contribution in [-0.4, -0.2) is 48.1 Å². The van der Waals surface area contributed by atoms with Crippen molar-refractivity contribution in [2.45, 2.75) is 51.6 Å². The molecule has 1 N–H and O–H groups in total. The van der Waals surface area contributed by atoms with Gasteiger partial charge in [-0.15, -0.1) is 0 Å². The summed E-state index contributed by atoms with van der Waals surface area (Å²) in [6.07, 6.45) is 5.06. The first-order valence-corrected chi connectivity index (χ1v) is 11.8. The van der Waals surface area contributed by atoms with Gasteiger partial charge in [-0.2, -0.15) is 0 Å². The summed E-state index contributed by atoms with van der Waals surface area (Å²) in [6.45, 7) is 3.87. The molecule has 1 saturated heterocycles. The van der Waals surface area contributed by atoms with Gasteiger partial charge in [-0.3, -0.25) is 9.59 Å². The van der Waals surface area contributed by atoms with E-state index in [2.05, 4.69) is 4.90 Å². The van der Waals surface area contributed by atoms with Gasteiger partial charge >= 0.3 is 5.97 Å². The molecule has 4 rings (SSSR count). The van der Waals surface area contributed by atoms with Crippen molar-refractivity contribution in [3.8, 4) is 5.75 Å². The molecule has 1 fully saturated rings. The van der Waals surface area contributed by atoms with Crippen LogP contribution in [0.5, 0.6) is 5.75 Å². The van der Waals surface area contributed by atoms with Crippen molar-refractivity contribution in [1.29, 1.82) is 0 Å². The van der Waals surface area contributed by atoms with Crippen molar-refractivity contribution >= 4 is 17.6 Å². The maximum atomic E-state index is 14.3. The fourth-order valence-corrected chi connectivity index (χ4v) is 4.70. The number of aryl methyl sites for hydroxylation is 1. The van der Waals surface area contributed by atoms with E-state index in [1.54, 1.807) is 12.1 Å². The molecular weight excluding hydrogens is 423 g/mol. The van der Waals surface area contributed by atoms with E-state index < -0.39 is 11.8 Å². The summed E-state index contributed by atoms with van der Waals surface area (Å²) in [4.78, 5) is 28.0. The van der Waals surface area contributed by atoms with Gasteiger partial charge in [0.2, 0.25) is 5.91 Å². The molecule has 0 saturated carbocycles. The molecule has 0 bridgehead atoms. The zero-order chi connectivity index (χ0) is 23.2. The van der Waals surface area contributed by atoms with E-state index in [1.807, 2.05) is 23.1 Å². The topological polar surface area (TPSA) is 70.1 Å². The van der Waals surface area contributed by atoms with Crippen LogP contribution in [0.4, 0.5) is 10.1 Å². The number of anilines is 1. The molecule has 1 amide bonds. The van der Waals surface area contributed by atoms with E-state index in [4.69, 9.17) is 9.84 Å². The van der Waals surface area contributed by atoms with Crippen molar-refractivity contribution in [2.24, 2.45) is 0 Å². The molecule has 33 heavy (non-hydrogen) atoms. The number of para-hydroxylation sites is 1. The quantitative estimate of drug-likeness (QED) is 0.615. The molecule has 2 aromatic carbocycles. The van der Waals surface area contributed by atoms with Crippen molar-refractivity contribution in [1.82, 2.24) is 4.90 Å². The van der Waals surface area contributed by atoms with Gasteiger partial charge in [0, 0.05) is 37.6 Å². The Labute approximate surface area is 194 Å². The second kappa shape index (κ2) is 10.8. The zero-order valence-electron chi connectivity index (χ0n) is 18.9. The average Bonchev–Trinajstić information content (AvgIpc) is 3.26. The number of fused-ring (bicyclic) bond motifs is 1. The molecule has 2 heterocycles. The third kappa shape index (κ3) is 5.90. The number of carboxylic acids is 1. The summed E-state index contributed by atoms with van der Waals surface area (Å²) < 4.78 is 20.2. The number of rotatable bonds is 9. The van der Waals surface area contributed by atoms with E-state index in [-0.39, 0.29) is 25.4 Å². The van der Waals surface area contributed by atoms with Crippen LogP contribution in [0.2, 0.25) is 0 Å². The number of hydrogen-bond acceptors (Lipinski definition) is 4. The number of carbonyl (C=O) groups excluding carboxylic acids is 1. The summed E-state index contributed by atoms with van der Waals surface area (Å²) in [6, 6.07) is 10.5. The number of benzene rings is 2. The number of piperidine rings is 1. The molecule has 0 radical (unpaired) electrons. The normalized spacial score (nSPS) is 16.0. The molecule has 0 aliphatic carbocycles. The van der Waals surface area contributed by atoms with Gasteiger partial charge in [-0.1, -0.05) is 30.7 Å². The number of likely N-dealkylation sites (tertiary alicyclic amines) is 1. The zero-order valence-corrected chi connectivity index (χ0v) is 18.9. The summed E-state index contributed by atoms with van der Waals surface area (Å²) in [7, 11) is 0. The SMILES string of the molecule is O=C(O)CCc1ccc(OCc2cccc3c2N(C(=O)CCN2CCCCC2)CC3)cc1F. The summed E-state index contributed by atoms with van der Waals surface area (Å²) in [5, 5.41) is 8.79.